The van der Waals surface area contributed by atoms with Crippen LogP contribution in [0.25, 0.3) is 0 Å². The predicted octanol–water partition coefficient (Wildman–Crippen LogP) is 0.275. The van der Waals surface area contributed by atoms with Gasteiger partial charge in [0, 0.05) is 18.7 Å². The number of aromatic carboxylic acids is 1. The SMILES string of the molecule is COC(=O)C1=C(Nc2c(C)cc([N+](=O)[O-])cc2C(=O)O)C(=O)N(CCO)C1. The molecular weight excluding hydrogens is 362 g/mol. The van der Waals surface area contributed by atoms with Crippen molar-refractivity contribution in [2.45, 2.75) is 6.92 Å². The van der Waals surface area contributed by atoms with Gasteiger partial charge in [0.1, 0.15) is 5.70 Å². The van der Waals surface area contributed by atoms with Crippen molar-refractivity contribution in [3.8, 4) is 0 Å². The van der Waals surface area contributed by atoms with Gasteiger partial charge in [-0.25, -0.2) is 9.59 Å². The number of esters is 1. The second kappa shape index (κ2) is 7.83. The normalized spacial score (nSPS) is 13.7. The molecule has 1 amide bonds. The highest BCUT2D eigenvalue weighted by Gasteiger charge is 2.35. The number of methoxy groups -OCH3 is 1. The number of amides is 1. The molecule has 0 radical (unpaired) electrons. The standard InChI is InChI=1S/C16H17N3O8/c1-8-5-9(19(25)26)6-10(15(22)23)12(8)17-13-11(16(24)27-2)7-18(3-4-20)14(13)21/h5-6,17,20H,3-4,7H2,1-2H3,(H,22,23). The van der Waals surface area contributed by atoms with E-state index >= 15 is 0 Å². The van der Waals surface area contributed by atoms with Gasteiger partial charge in [-0.3, -0.25) is 14.9 Å². The summed E-state index contributed by atoms with van der Waals surface area (Å²) in [4.78, 5) is 47.5. The van der Waals surface area contributed by atoms with E-state index in [1.54, 1.807) is 0 Å². The van der Waals surface area contributed by atoms with Crippen LogP contribution >= 0.6 is 0 Å². The van der Waals surface area contributed by atoms with Crippen LogP contribution in [0, 0.1) is 17.0 Å². The lowest BCUT2D eigenvalue weighted by Gasteiger charge is -2.16. The van der Waals surface area contributed by atoms with Gasteiger partial charge in [0.2, 0.25) is 0 Å². The molecule has 0 spiro atoms. The number of carboxylic acid groups (broad SMARTS) is 1. The summed E-state index contributed by atoms with van der Waals surface area (Å²) in [6, 6.07) is 2.01. The van der Waals surface area contributed by atoms with Crippen LogP contribution in [0.5, 0.6) is 0 Å². The minimum absolute atomic E-state index is 0.0322. The van der Waals surface area contributed by atoms with Gasteiger partial charge in [-0.1, -0.05) is 0 Å². The van der Waals surface area contributed by atoms with E-state index in [2.05, 4.69) is 10.1 Å². The molecule has 1 heterocycles. The fraction of sp³-hybridized carbons (Fsp3) is 0.312. The first-order chi connectivity index (χ1) is 12.7. The number of anilines is 1. The summed E-state index contributed by atoms with van der Waals surface area (Å²) in [5.41, 5.74) is -0.931. The number of aryl methyl sites for hydroxylation is 1. The molecule has 0 atom stereocenters. The quantitative estimate of drug-likeness (QED) is 0.343. The maximum Gasteiger partial charge on any atom is 0.338 e. The number of non-ortho nitro benzene ring substituents is 1. The maximum atomic E-state index is 12.5. The average Bonchev–Trinajstić information content (AvgIpc) is 2.92. The highest BCUT2D eigenvalue weighted by atomic mass is 16.6. The molecule has 0 bridgehead atoms. The van der Waals surface area contributed by atoms with Gasteiger partial charge < -0.3 is 25.2 Å². The average molecular weight is 379 g/mol. The first kappa shape index (κ1) is 19.8. The molecule has 1 aliphatic heterocycles. The fourth-order valence-electron chi connectivity index (χ4n) is 2.68. The van der Waals surface area contributed by atoms with Crippen LogP contribution in [0.2, 0.25) is 0 Å². The van der Waals surface area contributed by atoms with Crippen molar-refractivity contribution in [2.24, 2.45) is 0 Å². The molecule has 0 saturated carbocycles. The van der Waals surface area contributed by atoms with Gasteiger partial charge >= 0.3 is 11.9 Å². The van der Waals surface area contributed by atoms with Crippen LogP contribution in [0.4, 0.5) is 11.4 Å². The van der Waals surface area contributed by atoms with E-state index in [9.17, 15) is 29.6 Å². The lowest BCUT2D eigenvalue weighted by Crippen LogP contribution is -2.31. The zero-order chi connectivity index (χ0) is 20.3. The number of β-amino-alcohol motifs (C(OH)–C–C–N with tert-alkyl or cyclic N) is 1. The summed E-state index contributed by atoms with van der Waals surface area (Å²) >= 11 is 0. The van der Waals surface area contributed by atoms with E-state index < -0.39 is 34.0 Å². The lowest BCUT2D eigenvalue weighted by atomic mass is 10.1. The van der Waals surface area contributed by atoms with Crippen LogP contribution in [0.15, 0.2) is 23.4 Å². The van der Waals surface area contributed by atoms with E-state index in [0.29, 0.717) is 0 Å². The molecule has 0 aromatic heterocycles. The van der Waals surface area contributed by atoms with Gasteiger partial charge in [-0.05, 0) is 12.5 Å². The first-order valence-electron chi connectivity index (χ1n) is 7.72. The number of benzene rings is 1. The van der Waals surface area contributed by atoms with E-state index in [1.165, 1.54) is 11.8 Å². The van der Waals surface area contributed by atoms with Crippen molar-refractivity contribution in [3.63, 3.8) is 0 Å². The molecule has 3 N–H and O–H groups in total. The summed E-state index contributed by atoms with van der Waals surface area (Å²) in [6.45, 7) is 0.952. The Hall–Kier alpha value is -3.47. The second-order valence-electron chi connectivity index (χ2n) is 5.67. The molecule has 11 heteroatoms. The summed E-state index contributed by atoms with van der Waals surface area (Å²) in [5.74, 6) is -2.86. The molecule has 1 aromatic rings. The summed E-state index contributed by atoms with van der Waals surface area (Å²) < 4.78 is 4.65. The number of hydrogen-bond donors (Lipinski definition) is 3. The molecular formula is C16H17N3O8. The number of nitro benzene ring substituents is 1. The van der Waals surface area contributed by atoms with Crippen molar-refractivity contribution < 1.29 is 34.3 Å². The number of carbonyl (C=O) groups excluding carboxylic acids is 2. The van der Waals surface area contributed by atoms with Crippen LogP contribution in [-0.4, -0.2) is 64.7 Å². The zero-order valence-corrected chi connectivity index (χ0v) is 14.5. The number of carboxylic acids is 1. The van der Waals surface area contributed by atoms with Crippen LogP contribution in [0.1, 0.15) is 15.9 Å². The topological polar surface area (TPSA) is 159 Å². The highest BCUT2D eigenvalue weighted by molar-refractivity contribution is 6.09. The van der Waals surface area contributed by atoms with Crippen molar-refractivity contribution >= 4 is 29.2 Å². The Kier molecular flexibility index (Phi) is 5.75. The van der Waals surface area contributed by atoms with Gasteiger partial charge in [-0.2, -0.15) is 0 Å². The Bertz CT molecular complexity index is 861. The smallest absolute Gasteiger partial charge is 0.338 e. The fourth-order valence-corrected chi connectivity index (χ4v) is 2.68. The number of aliphatic hydroxyl groups is 1. The van der Waals surface area contributed by atoms with Crippen molar-refractivity contribution in [3.05, 3.63) is 44.6 Å². The minimum Gasteiger partial charge on any atom is -0.478 e. The van der Waals surface area contributed by atoms with Crippen molar-refractivity contribution in [1.82, 2.24) is 4.90 Å². The maximum absolute atomic E-state index is 12.5. The van der Waals surface area contributed by atoms with Crippen molar-refractivity contribution in [1.29, 1.82) is 0 Å². The van der Waals surface area contributed by atoms with E-state index in [0.717, 1.165) is 19.2 Å². The molecule has 0 aliphatic carbocycles. The van der Waals surface area contributed by atoms with Gasteiger partial charge in [0.25, 0.3) is 11.6 Å². The molecule has 11 nitrogen and oxygen atoms in total. The molecule has 0 saturated heterocycles. The Balaban J connectivity index is 2.55. The molecule has 1 aromatic carbocycles. The van der Waals surface area contributed by atoms with Crippen molar-refractivity contribution in [2.75, 3.05) is 32.1 Å². The third kappa shape index (κ3) is 3.87. The zero-order valence-electron chi connectivity index (χ0n) is 14.5. The Labute approximate surface area is 153 Å². The number of hydrogen-bond acceptors (Lipinski definition) is 8. The third-order valence-electron chi connectivity index (χ3n) is 3.97. The third-order valence-corrected chi connectivity index (χ3v) is 3.97. The Morgan fingerprint density at radius 3 is 2.59 bits per heavy atom. The lowest BCUT2D eigenvalue weighted by molar-refractivity contribution is -0.384. The van der Waals surface area contributed by atoms with Crippen LogP contribution < -0.4 is 5.32 Å². The minimum atomic E-state index is -1.44. The number of carbonyl (C=O) groups is 3. The number of nitrogens with zero attached hydrogens (tertiary/aromatic N) is 2. The highest BCUT2D eigenvalue weighted by Crippen LogP contribution is 2.30. The van der Waals surface area contributed by atoms with Crippen LogP contribution in [-0.2, 0) is 14.3 Å². The van der Waals surface area contributed by atoms with E-state index in [4.69, 9.17) is 5.11 Å². The largest absolute Gasteiger partial charge is 0.478 e. The number of rotatable bonds is 7. The number of aliphatic hydroxyl groups excluding tert-OH is 1. The number of ether oxygens (including phenoxy) is 1. The number of nitrogens with one attached hydrogen (secondary N) is 1. The molecule has 144 valence electrons. The second-order valence-corrected chi connectivity index (χ2v) is 5.67. The Morgan fingerprint density at radius 1 is 1.41 bits per heavy atom. The van der Waals surface area contributed by atoms with Gasteiger partial charge in [-0.15, -0.1) is 0 Å². The monoisotopic (exact) mass is 379 g/mol. The molecule has 0 fully saturated rings. The molecule has 27 heavy (non-hydrogen) atoms. The van der Waals surface area contributed by atoms with E-state index in [-0.39, 0.29) is 42.2 Å². The number of nitro groups is 1. The van der Waals surface area contributed by atoms with Gasteiger partial charge in [0.05, 0.1) is 42.0 Å². The predicted molar refractivity (Wildman–Crippen MR) is 91.1 cm³/mol. The summed E-state index contributed by atoms with van der Waals surface area (Å²) in [7, 11) is 1.13. The molecule has 1 aliphatic rings. The Morgan fingerprint density at radius 2 is 2.07 bits per heavy atom. The molecule has 2 rings (SSSR count). The van der Waals surface area contributed by atoms with E-state index in [1.807, 2.05) is 0 Å². The summed E-state index contributed by atoms with van der Waals surface area (Å²) in [5, 5.41) is 32.0. The van der Waals surface area contributed by atoms with Crippen LogP contribution in [0.3, 0.4) is 0 Å². The summed E-state index contributed by atoms with van der Waals surface area (Å²) in [6.07, 6.45) is 0. The van der Waals surface area contributed by atoms with Gasteiger partial charge in [0.15, 0.2) is 0 Å². The first-order valence-corrected chi connectivity index (χ1v) is 7.72. The molecule has 0 unspecified atom stereocenters.